The monoisotopic (exact) mass is 419 g/mol. The van der Waals surface area contributed by atoms with Crippen LogP contribution in [0, 0.1) is 15.5 Å². The van der Waals surface area contributed by atoms with Crippen LogP contribution in [0.3, 0.4) is 0 Å². The average molecular weight is 421 g/mol. The molecule has 0 spiro atoms. The summed E-state index contributed by atoms with van der Waals surface area (Å²) in [4.78, 5) is 10.6. The summed E-state index contributed by atoms with van der Waals surface area (Å²) in [6.07, 6.45) is 7.32. The van der Waals surface area contributed by atoms with Crippen LogP contribution in [0.25, 0.3) is 0 Å². The van der Waals surface area contributed by atoms with E-state index in [9.17, 15) is 10.1 Å². The zero-order valence-electron chi connectivity index (χ0n) is 11.8. The van der Waals surface area contributed by atoms with E-state index in [0.29, 0.717) is 16.8 Å². The molecule has 0 heterocycles. The van der Waals surface area contributed by atoms with Gasteiger partial charge < -0.3 is 4.74 Å². The van der Waals surface area contributed by atoms with E-state index in [2.05, 4.69) is 31.9 Å². The molecule has 0 radical (unpaired) electrons. The van der Waals surface area contributed by atoms with Crippen LogP contribution in [0.2, 0.25) is 0 Å². The summed E-state index contributed by atoms with van der Waals surface area (Å²) in [6.45, 7) is 0.595. The summed E-state index contributed by atoms with van der Waals surface area (Å²) in [5.41, 5.74) is 0.182. The van der Waals surface area contributed by atoms with Crippen molar-refractivity contribution in [2.24, 2.45) is 5.41 Å². The molecule has 0 saturated heterocycles. The topological polar surface area (TPSA) is 52.4 Å². The first-order valence-corrected chi connectivity index (χ1v) is 9.11. The lowest BCUT2D eigenvalue weighted by Gasteiger charge is -2.30. The maximum Gasteiger partial charge on any atom is 0.287 e. The van der Waals surface area contributed by atoms with E-state index in [1.165, 1.54) is 31.7 Å². The molecule has 1 aromatic rings. The molecule has 6 heteroatoms. The molecular weight excluding hydrogens is 402 g/mol. The van der Waals surface area contributed by atoms with Crippen molar-refractivity contribution in [1.82, 2.24) is 0 Å². The van der Waals surface area contributed by atoms with Crippen LogP contribution in [0.5, 0.6) is 5.75 Å². The molecule has 0 aliphatic heterocycles. The summed E-state index contributed by atoms with van der Waals surface area (Å²) in [7, 11) is 0. The number of nitrogens with zero attached hydrogens (tertiary/aromatic N) is 1. The van der Waals surface area contributed by atoms with E-state index in [4.69, 9.17) is 4.74 Å². The lowest BCUT2D eigenvalue weighted by Crippen LogP contribution is -2.30. The first kappa shape index (κ1) is 16.7. The third kappa shape index (κ3) is 4.19. The fourth-order valence-electron chi connectivity index (χ4n) is 2.78. The maximum atomic E-state index is 11.0. The van der Waals surface area contributed by atoms with Crippen molar-refractivity contribution in [2.75, 3.05) is 11.9 Å². The smallest absolute Gasteiger partial charge is 0.287 e. The van der Waals surface area contributed by atoms with Gasteiger partial charge in [-0.2, -0.15) is 0 Å². The van der Waals surface area contributed by atoms with Gasteiger partial charge >= 0.3 is 0 Å². The van der Waals surface area contributed by atoms with Gasteiger partial charge in [0.25, 0.3) is 5.69 Å². The Kier molecular flexibility index (Phi) is 6.05. The van der Waals surface area contributed by atoms with Crippen molar-refractivity contribution < 1.29 is 9.66 Å². The van der Waals surface area contributed by atoms with Gasteiger partial charge in [0.05, 0.1) is 11.5 Å². The molecule has 116 valence electrons. The number of hydrogen-bond donors (Lipinski definition) is 0. The molecule has 1 aromatic carbocycles. The second-order valence-electron chi connectivity index (χ2n) is 5.68. The highest BCUT2D eigenvalue weighted by Crippen LogP contribution is 2.39. The molecular formula is C15H19Br2NO3. The molecule has 0 amide bonds. The summed E-state index contributed by atoms with van der Waals surface area (Å²) in [5, 5.41) is 11.9. The number of nitro groups is 1. The Balaban J connectivity index is 2.11. The van der Waals surface area contributed by atoms with Crippen LogP contribution in [0.4, 0.5) is 5.69 Å². The van der Waals surface area contributed by atoms with E-state index in [0.717, 1.165) is 18.2 Å². The highest BCUT2D eigenvalue weighted by molar-refractivity contribution is 9.10. The third-order valence-corrected chi connectivity index (χ3v) is 6.11. The predicted molar refractivity (Wildman–Crippen MR) is 90.2 cm³/mol. The van der Waals surface area contributed by atoms with Gasteiger partial charge in [-0.05, 0) is 34.8 Å². The Hall–Kier alpha value is -0.620. The van der Waals surface area contributed by atoms with Crippen LogP contribution in [-0.2, 0) is 0 Å². The average Bonchev–Trinajstić information content (AvgIpc) is 2.72. The van der Waals surface area contributed by atoms with Gasteiger partial charge in [0.2, 0.25) is 0 Å². The summed E-state index contributed by atoms with van der Waals surface area (Å²) >= 11 is 6.92. The Morgan fingerprint density at radius 2 is 1.90 bits per heavy atom. The van der Waals surface area contributed by atoms with Gasteiger partial charge in [-0.25, -0.2) is 0 Å². The quantitative estimate of drug-likeness (QED) is 0.274. The fraction of sp³-hybridized carbons (Fsp3) is 0.600. The Labute approximate surface area is 141 Å². The molecule has 0 atom stereocenters. The van der Waals surface area contributed by atoms with Gasteiger partial charge in [-0.3, -0.25) is 10.1 Å². The number of benzene rings is 1. The molecule has 1 saturated carbocycles. The van der Waals surface area contributed by atoms with Crippen molar-refractivity contribution in [3.05, 3.63) is 32.8 Å². The second kappa shape index (κ2) is 7.58. The number of hydrogen-bond acceptors (Lipinski definition) is 3. The molecule has 2 rings (SSSR count). The van der Waals surface area contributed by atoms with E-state index >= 15 is 0 Å². The van der Waals surface area contributed by atoms with Crippen molar-refractivity contribution >= 4 is 37.5 Å². The lowest BCUT2D eigenvalue weighted by molar-refractivity contribution is -0.385. The normalized spacial score (nSPS) is 18.0. The molecule has 0 aromatic heterocycles. The van der Waals surface area contributed by atoms with Gasteiger partial charge in [0, 0.05) is 16.8 Å². The first-order valence-electron chi connectivity index (χ1n) is 7.20. The molecule has 1 aliphatic carbocycles. The van der Waals surface area contributed by atoms with Crippen molar-refractivity contribution in [1.29, 1.82) is 0 Å². The first-order chi connectivity index (χ1) is 10.1. The number of rotatable bonds is 5. The highest BCUT2D eigenvalue weighted by atomic mass is 79.9. The minimum Gasteiger partial charge on any atom is -0.492 e. The van der Waals surface area contributed by atoms with Crippen molar-refractivity contribution in [3.8, 4) is 5.75 Å². The van der Waals surface area contributed by atoms with E-state index < -0.39 is 4.92 Å². The number of nitro benzene ring substituents is 1. The summed E-state index contributed by atoms with van der Waals surface area (Å²) in [6, 6.07) is 4.91. The van der Waals surface area contributed by atoms with Crippen LogP contribution < -0.4 is 4.74 Å². The van der Waals surface area contributed by atoms with Crippen LogP contribution in [-0.4, -0.2) is 16.9 Å². The maximum absolute atomic E-state index is 11.0. The zero-order chi connectivity index (χ0) is 15.3. The Morgan fingerprint density at radius 3 is 2.48 bits per heavy atom. The third-order valence-electron chi connectivity index (χ3n) is 4.12. The predicted octanol–water partition coefficient (Wildman–Crippen LogP) is 5.47. The van der Waals surface area contributed by atoms with E-state index in [-0.39, 0.29) is 11.1 Å². The molecule has 1 fully saturated rings. The fourth-order valence-corrected chi connectivity index (χ4v) is 4.02. The van der Waals surface area contributed by atoms with Gasteiger partial charge in [0.1, 0.15) is 10.2 Å². The summed E-state index contributed by atoms with van der Waals surface area (Å²) < 4.78 is 6.36. The standard InChI is InChI=1S/C15H19Br2NO3/c16-10-15(8-3-1-2-4-9-15)11-21-13-7-5-6-12(14(13)17)18(19)20/h5-7H,1-4,8-11H2. The molecule has 4 nitrogen and oxygen atoms in total. The second-order valence-corrected chi connectivity index (χ2v) is 7.04. The van der Waals surface area contributed by atoms with Crippen LogP contribution in [0.15, 0.2) is 22.7 Å². The molecule has 1 aliphatic rings. The Morgan fingerprint density at radius 1 is 1.24 bits per heavy atom. The highest BCUT2D eigenvalue weighted by Gasteiger charge is 2.31. The van der Waals surface area contributed by atoms with Gasteiger partial charge in [-0.15, -0.1) is 0 Å². The van der Waals surface area contributed by atoms with Crippen LogP contribution in [0.1, 0.15) is 38.5 Å². The Bertz CT molecular complexity index is 500. The SMILES string of the molecule is O=[N+]([O-])c1cccc(OCC2(CBr)CCCCCC2)c1Br. The van der Waals surface area contributed by atoms with Crippen LogP contribution >= 0.6 is 31.9 Å². The summed E-state index contributed by atoms with van der Waals surface area (Å²) in [5.74, 6) is 0.550. The molecule has 0 unspecified atom stereocenters. The minimum absolute atomic E-state index is 0.0428. The van der Waals surface area contributed by atoms with Gasteiger partial charge in [0.15, 0.2) is 0 Å². The zero-order valence-corrected chi connectivity index (χ0v) is 15.0. The number of halogens is 2. The van der Waals surface area contributed by atoms with Crippen molar-refractivity contribution in [3.63, 3.8) is 0 Å². The lowest BCUT2D eigenvalue weighted by atomic mass is 9.83. The van der Waals surface area contributed by atoms with Gasteiger partial charge in [-0.1, -0.05) is 47.7 Å². The largest absolute Gasteiger partial charge is 0.492 e. The number of alkyl halides is 1. The minimum atomic E-state index is -0.400. The molecule has 0 bridgehead atoms. The molecule has 21 heavy (non-hydrogen) atoms. The molecule has 0 N–H and O–H groups in total. The van der Waals surface area contributed by atoms with E-state index in [1.807, 2.05) is 0 Å². The van der Waals surface area contributed by atoms with E-state index in [1.54, 1.807) is 12.1 Å². The number of ether oxygens (including phenoxy) is 1. The van der Waals surface area contributed by atoms with Crippen molar-refractivity contribution in [2.45, 2.75) is 38.5 Å².